The van der Waals surface area contributed by atoms with Gasteiger partial charge in [-0.2, -0.15) is 18.4 Å². The van der Waals surface area contributed by atoms with Crippen LogP contribution in [0.25, 0.3) is 16.8 Å². The minimum Gasteiger partial charge on any atom is -0.488 e. The number of hydrogen-bond acceptors (Lipinski definition) is 3. The van der Waals surface area contributed by atoms with Crippen LogP contribution in [-0.4, -0.2) is 5.91 Å². The normalized spacial score (nSPS) is 11.7. The molecule has 0 radical (unpaired) electrons. The molecule has 0 aromatic heterocycles. The zero-order chi connectivity index (χ0) is 25.7. The lowest BCUT2D eigenvalue weighted by molar-refractivity contribution is -0.137. The predicted octanol–water partition coefficient (Wildman–Crippen LogP) is 7.29. The number of carbonyl (C=O) groups is 1. The summed E-state index contributed by atoms with van der Waals surface area (Å²) in [6, 6.07) is 25.1. The van der Waals surface area contributed by atoms with Gasteiger partial charge >= 0.3 is 6.18 Å². The Labute approximate surface area is 206 Å². The first-order valence-corrected chi connectivity index (χ1v) is 11.0. The first kappa shape index (κ1) is 24.6. The van der Waals surface area contributed by atoms with Gasteiger partial charge in [-0.05, 0) is 53.6 Å². The number of hydrogen-bond donors (Lipinski definition) is 1. The second-order valence-electron chi connectivity index (χ2n) is 8.18. The molecule has 0 aliphatic carbocycles. The number of ether oxygens (including phenoxy) is 1. The van der Waals surface area contributed by atoms with Crippen molar-refractivity contribution in [2.45, 2.75) is 19.7 Å². The maximum absolute atomic E-state index is 13.0. The monoisotopic (exact) mass is 486 g/mol. The number of anilines is 1. The van der Waals surface area contributed by atoms with Gasteiger partial charge in [0.15, 0.2) is 0 Å². The van der Waals surface area contributed by atoms with Crippen LogP contribution in [0.4, 0.5) is 18.9 Å². The van der Waals surface area contributed by atoms with Crippen molar-refractivity contribution in [1.29, 1.82) is 5.26 Å². The van der Waals surface area contributed by atoms with Gasteiger partial charge in [0.2, 0.25) is 0 Å². The Morgan fingerprint density at radius 1 is 1.00 bits per heavy atom. The van der Waals surface area contributed by atoms with E-state index in [1.165, 1.54) is 18.2 Å². The third-order valence-corrected chi connectivity index (χ3v) is 5.55. The summed E-state index contributed by atoms with van der Waals surface area (Å²) in [7, 11) is 0. The fraction of sp³-hybridized carbons (Fsp3) is 0.103. The fourth-order valence-corrected chi connectivity index (χ4v) is 3.66. The first-order chi connectivity index (χ1) is 17.2. The van der Waals surface area contributed by atoms with Crippen molar-refractivity contribution >= 4 is 28.4 Å². The Morgan fingerprint density at radius 3 is 2.47 bits per heavy atom. The number of nitrogens with one attached hydrogen (secondary N) is 1. The molecule has 0 heterocycles. The number of nitrogens with zero attached hydrogens (tertiary/aromatic N) is 1. The number of rotatable bonds is 6. The lowest BCUT2D eigenvalue weighted by Crippen LogP contribution is -2.14. The third-order valence-electron chi connectivity index (χ3n) is 5.55. The van der Waals surface area contributed by atoms with E-state index in [0.29, 0.717) is 11.3 Å². The summed E-state index contributed by atoms with van der Waals surface area (Å²) in [6.07, 6.45) is -3.16. The predicted molar refractivity (Wildman–Crippen MR) is 133 cm³/mol. The van der Waals surface area contributed by atoms with Crippen LogP contribution in [0.2, 0.25) is 0 Å². The zero-order valence-corrected chi connectivity index (χ0v) is 19.3. The molecular weight excluding hydrogens is 465 g/mol. The highest BCUT2D eigenvalue weighted by atomic mass is 19.4. The van der Waals surface area contributed by atoms with Gasteiger partial charge in [-0.1, -0.05) is 66.2 Å². The van der Waals surface area contributed by atoms with Gasteiger partial charge in [-0.15, -0.1) is 0 Å². The standard InChI is InChI=1S/C29H21F3N2O2/c1-19-9-11-20(12-10-19)18-36-27-14-13-21-5-2-3-8-25(21)26(27)15-22(17-33)28(35)34-24-7-4-6-23(16-24)29(30,31)32/h2-16H,18H2,1H3,(H,34,35)/b22-15+. The molecular formula is C29H21F3N2O2. The van der Waals surface area contributed by atoms with Gasteiger partial charge < -0.3 is 10.1 Å². The minimum atomic E-state index is -4.55. The van der Waals surface area contributed by atoms with E-state index < -0.39 is 17.6 Å². The number of amides is 1. The Hall–Kier alpha value is -4.57. The summed E-state index contributed by atoms with van der Waals surface area (Å²) in [5.41, 5.74) is 1.36. The molecule has 0 aliphatic rings. The number of benzene rings is 4. The lowest BCUT2D eigenvalue weighted by Gasteiger charge is -2.13. The lowest BCUT2D eigenvalue weighted by atomic mass is 10.0. The van der Waals surface area contributed by atoms with E-state index in [1.54, 1.807) is 6.07 Å². The van der Waals surface area contributed by atoms with Crippen molar-refractivity contribution < 1.29 is 22.7 Å². The Kier molecular flexibility index (Phi) is 7.07. The molecule has 7 heteroatoms. The highest BCUT2D eigenvalue weighted by molar-refractivity contribution is 6.11. The largest absolute Gasteiger partial charge is 0.488 e. The van der Waals surface area contributed by atoms with Gasteiger partial charge in [-0.25, -0.2) is 0 Å². The quantitative estimate of drug-likeness (QED) is 0.230. The molecule has 4 aromatic carbocycles. The van der Waals surface area contributed by atoms with E-state index in [0.717, 1.165) is 34.0 Å². The second kappa shape index (κ2) is 10.4. The molecule has 0 atom stereocenters. The Morgan fingerprint density at radius 2 is 1.75 bits per heavy atom. The molecule has 1 N–H and O–H groups in total. The van der Waals surface area contributed by atoms with Gasteiger partial charge in [0.25, 0.3) is 5.91 Å². The van der Waals surface area contributed by atoms with Crippen LogP contribution < -0.4 is 10.1 Å². The highest BCUT2D eigenvalue weighted by Crippen LogP contribution is 2.32. The molecule has 0 bridgehead atoms. The van der Waals surface area contributed by atoms with Crippen LogP contribution in [0.15, 0.2) is 90.5 Å². The van der Waals surface area contributed by atoms with Crippen LogP contribution in [0.1, 0.15) is 22.3 Å². The number of alkyl halides is 3. The van der Waals surface area contributed by atoms with Gasteiger partial charge in [0.05, 0.1) is 5.56 Å². The average molecular weight is 486 g/mol. The number of nitriles is 1. The number of carbonyl (C=O) groups excluding carboxylic acids is 1. The van der Waals surface area contributed by atoms with E-state index in [1.807, 2.05) is 67.6 Å². The highest BCUT2D eigenvalue weighted by Gasteiger charge is 2.30. The number of fused-ring (bicyclic) bond motifs is 1. The molecule has 0 spiro atoms. The van der Waals surface area contributed by atoms with E-state index in [-0.39, 0.29) is 17.9 Å². The topological polar surface area (TPSA) is 62.1 Å². The van der Waals surface area contributed by atoms with Crippen molar-refractivity contribution in [1.82, 2.24) is 0 Å². The average Bonchev–Trinajstić information content (AvgIpc) is 2.87. The molecule has 4 rings (SSSR count). The van der Waals surface area contributed by atoms with Crippen molar-refractivity contribution in [2.24, 2.45) is 0 Å². The van der Waals surface area contributed by atoms with Crippen molar-refractivity contribution in [2.75, 3.05) is 5.32 Å². The molecule has 4 nitrogen and oxygen atoms in total. The molecule has 0 saturated heterocycles. The summed E-state index contributed by atoms with van der Waals surface area (Å²) in [4.78, 5) is 12.8. The third kappa shape index (κ3) is 5.73. The van der Waals surface area contributed by atoms with Crippen LogP contribution in [0, 0.1) is 18.3 Å². The zero-order valence-electron chi connectivity index (χ0n) is 19.3. The van der Waals surface area contributed by atoms with E-state index in [9.17, 15) is 23.2 Å². The molecule has 0 saturated carbocycles. The fourth-order valence-electron chi connectivity index (χ4n) is 3.66. The van der Waals surface area contributed by atoms with E-state index in [2.05, 4.69) is 5.32 Å². The van der Waals surface area contributed by atoms with Crippen molar-refractivity contribution in [3.05, 3.63) is 113 Å². The van der Waals surface area contributed by atoms with Gasteiger partial charge in [0.1, 0.15) is 24.0 Å². The maximum Gasteiger partial charge on any atom is 0.416 e. The Balaban J connectivity index is 1.67. The molecule has 4 aromatic rings. The minimum absolute atomic E-state index is 0.0651. The van der Waals surface area contributed by atoms with Crippen LogP contribution >= 0.6 is 0 Å². The summed E-state index contributed by atoms with van der Waals surface area (Å²) < 4.78 is 45.2. The molecule has 36 heavy (non-hydrogen) atoms. The maximum atomic E-state index is 13.0. The van der Waals surface area contributed by atoms with Crippen molar-refractivity contribution in [3.63, 3.8) is 0 Å². The summed E-state index contributed by atoms with van der Waals surface area (Å²) in [5.74, 6) is -0.358. The van der Waals surface area contributed by atoms with Crippen LogP contribution in [0.3, 0.4) is 0 Å². The van der Waals surface area contributed by atoms with E-state index in [4.69, 9.17) is 4.74 Å². The van der Waals surface area contributed by atoms with E-state index >= 15 is 0 Å². The molecule has 0 unspecified atom stereocenters. The second-order valence-corrected chi connectivity index (χ2v) is 8.18. The summed E-state index contributed by atoms with van der Waals surface area (Å²) in [6.45, 7) is 2.27. The van der Waals surface area contributed by atoms with Gasteiger partial charge in [0, 0.05) is 11.3 Å². The smallest absolute Gasteiger partial charge is 0.416 e. The number of aryl methyl sites for hydroxylation is 1. The van der Waals surface area contributed by atoms with Crippen molar-refractivity contribution in [3.8, 4) is 11.8 Å². The Bertz CT molecular complexity index is 1480. The van der Waals surface area contributed by atoms with Gasteiger partial charge in [-0.3, -0.25) is 4.79 Å². The van der Waals surface area contributed by atoms with Crippen LogP contribution in [-0.2, 0) is 17.6 Å². The summed E-state index contributed by atoms with van der Waals surface area (Å²) in [5, 5.41) is 13.7. The molecule has 1 amide bonds. The SMILES string of the molecule is Cc1ccc(COc2ccc3ccccc3c2/C=C(\C#N)C(=O)Nc2cccc(C(F)(F)F)c2)cc1. The van der Waals surface area contributed by atoms with Crippen LogP contribution in [0.5, 0.6) is 5.75 Å². The molecule has 180 valence electrons. The molecule has 0 aliphatic heterocycles. The summed E-state index contributed by atoms with van der Waals surface area (Å²) >= 11 is 0. The first-order valence-electron chi connectivity index (χ1n) is 11.0. The molecule has 0 fully saturated rings. The number of halogens is 3.